The van der Waals surface area contributed by atoms with Crippen molar-refractivity contribution in [1.82, 2.24) is 25.0 Å². The number of hydrazone groups is 1. The van der Waals surface area contributed by atoms with E-state index in [2.05, 4.69) is 34.5 Å². The average Bonchev–Trinajstić information content (AvgIpc) is 3.28. The largest absolute Gasteiger partial charge is 0.271 e. The van der Waals surface area contributed by atoms with Crippen molar-refractivity contribution in [2.75, 3.05) is 0 Å². The van der Waals surface area contributed by atoms with Crippen molar-refractivity contribution in [2.24, 2.45) is 5.10 Å². The Kier molecular flexibility index (Phi) is 4.94. The molecule has 4 aromatic rings. The molecule has 0 radical (unpaired) electrons. The topological polar surface area (TPSA) is 84.5 Å². The van der Waals surface area contributed by atoms with Crippen LogP contribution in [0.15, 0.2) is 60.0 Å². The van der Waals surface area contributed by atoms with Crippen molar-refractivity contribution in [3.63, 3.8) is 0 Å². The summed E-state index contributed by atoms with van der Waals surface area (Å²) in [4.78, 5) is 21.6. The molecule has 0 atom stereocenters. The molecule has 3 heterocycles. The summed E-state index contributed by atoms with van der Waals surface area (Å²) in [6.45, 7) is 4.19. The van der Waals surface area contributed by atoms with E-state index in [4.69, 9.17) is 4.98 Å². The van der Waals surface area contributed by atoms with Gasteiger partial charge in [0.1, 0.15) is 16.4 Å². The summed E-state index contributed by atoms with van der Waals surface area (Å²) < 4.78 is 1.78. The first-order chi connectivity index (χ1) is 13.6. The normalized spacial score (nSPS) is 11.5. The second kappa shape index (κ2) is 7.69. The number of imidazole rings is 1. The molecule has 0 unspecified atom stereocenters. The van der Waals surface area contributed by atoms with Crippen LogP contribution in [0.25, 0.3) is 16.2 Å². The third kappa shape index (κ3) is 3.54. The lowest BCUT2D eigenvalue weighted by Gasteiger charge is -2.01. The number of aromatic nitrogens is 4. The zero-order chi connectivity index (χ0) is 19.5. The van der Waals surface area contributed by atoms with Gasteiger partial charge in [0.15, 0.2) is 0 Å². The molecule has 28 heavy (non-hydrogen) atoms. The first kappa shape index (κ1) is 18.0. The number of rotatable bonds is 5. The van der Waals surface area contributed by atoms with Gasteiger partial charge in [0.2, 0.25) is 4.96 Å². The molecule has 8 heteroatoms. The van der Waals surface area contributed by atoms with E-state index in [0.717, 1.165) is 26.9 Å². The number of pyridine rings is 1. The third-order valence-electron chi connectivity index (χ3n) is 4.09. The molecule has 0 aliphatic carbocycles. The second-order valence-corrected chi connectivity index (χ2v) is 7.42. The smallest absolute Gasteiger partial charge is 0.267 e. The maximum absolute atomic E-state index is 12.2. The summed E-state index contributed by atoms with van der Waals surface area (Å²) in [5.74, 6) is 0.00451. The Morgan fingerprint density at radius 1 is 1.18 bits per heavy atom. The highest BCUT2D eigenvalue weighted by molar-refractivity contribution is 7.16. The predicted molar refractivity (Wildman–Crippen MR) is 110 cm³/mol. The number of hydrogen-bond donors (Lipinski definition) is 1. The fraction of sp³-hybridized carbons (Fsp3) is 0.150. The van der Waals surface area contributed by atoms with Crippen LogP contribution in [-0.2, 0) is 0 Å². The van der Waals surface area contributed by atoms with Crippen molar-refractivity contribution >= 4 is 28.4 Å². The van der Waals surface area contributed by atoms with Gasteiger partial charge < -0.3 is 0 Å². The fourth-order valence-electron chi connectivity index (χ4n) is 2.66. The third-order valence-corrected chi connectivity index (χ3v) is 5.30. The molecule has 0 saturated heterocycles. The van der Waals surface area contributed by atoms with Gasteiger partial charge in [0, 0.05) is 29.4 Å². The van der Waals surface area contributed by atoms with Gasteiger partial charge in [0.05, 0.1) is 6.21 Å². The summed E-state index contributed by atoms with van der Waals surface area (Å²) in [6.07, 6.45) is 4.72. The first-order valence-corrected chi connectivity index (χ1v) is 9.63. The zero-order valence-corrected chi connectivity index (χ0v) is 16.2. The van der Waals surface area contributed by atoms with E-state index >= 15 is 0 Å². The SMILES string of the molecule is CC(C)c1nn2c(/C=N\NC(=O)c3ccncc3)c(-c3ccccc3)nc2s1. The van der Waals surface area contributed by atoms with E-state index in [1.165, 1.54) is 0 Å². The Hall–Kier alpha value is -3.39. The Labute approximate surface area is 165 Å². The number of carbonyl (C=O) groups excluding carboxylic acids is 1. The molecule has 0 spiro atoms. The average molecular weight is 390 g/mol. The Morgan fingerprint density at radius 2 is 1.93 bits per heavy atom. The summed E-state index contributed by atoms with van der Waals surface area (Å²) in [6, 6.07) is 13.1. The van der Waals surface area contributed by atoms with Gasteiger partial charge in [-0.2, -0.15) is 10.2 Å². The van der Waals surface area contributed by atoms with Crippen LogP contribution in [0.4, 0.5) is 0 Å². The molecule has 4 rings (SSSR count). The molecular formula is C20H18N6OS. The van der Waals surface area contributed by atoms with Crippen LogP contribution in [0.3, 0.4) is 0 Å². The Morgan fingerprint density at radius 3 is 2.64 bits per heavy atom. The Balaban J connectivity index is 1.70. The molecule has 140 valence electrons. The molecule has 3 aromatic heterocycles. The van der Waals surface area contributed by atoms with Crippen LogP contribution in [0.1, 0.15) is 40.8 Å². The zero-order valence-electron chi connectivity index (χ0n) is 15.4. The maximum Gasteiger partial charge on any atom is 0.271 e. The van der Waals surface area contributed by atoms with E-state index in [1.807, 2.05) is 30.3 Å². The number of nitrogens with one attached hydrogen (secondary N) is 1. The number of hydrogen-bond acceptors (Lipinski definition) is 6. The van der Waals surface area contributed by atoms with Gasteiger partial charge in [-0.3, -0.25) is 9.78 Å². The minimum absolute atomic E-state index is 0.304. The second-order valence-electron chi connectivity index (χ2n) is 6.44. The van der Waals surface area contributed by atoms with Gasteiger partial charge in [0.25, 0.3) is 5.91 Å². The molecule has 0 aliphatic heterocycles. The molecule has 0 bridgehead atoms. The summed E-state index contributed by atoms with van der Waals surface area (Å²) in [5.41, 5.74) is 5.50. The van der Waals surface area contributed by atoms with Gasteiger partial charge in [-0.1, -0.05) is 55.5 Å². The minimum atomic E-state index is -0.304. The lowest BCUT2D eigenvalue weighted by Crippen LogP contribution is -2.17. The van der Waals surface area contributed by atoms with Crippen molar-refractivity contribution in [2.45, 2.75) is 19.8 Å². The van der Waals surface area contributed by atoms with Crippen molar-refractivity contribution < 1.29 is 4.79 Å². The molecule has 0 aliphatic rings. The summed E-state index contributed by atoms with van der Waals surface area (Å²) in [5, 5.41) is 9.81. The molecule has 1 N–H and O–H groups in total. The van der Waals surface area contributed by atoms with Crippen molar-refractivity contribution in [1.29, 1.82) is 0 Å². The lowest BCUT2D eigenvalue weighted by molar-refractivity contribution is 0.0955. The molecular weight excluding hydrogens is 372 g/mol. The highest BCUT2D eigenvalue weighted by Crippen LogP contribution is 2.28. The van der Waals surface area contributed by atoms with Gasteiger partial charge in [-0.15, -0.1) is 0 Å². The molecule has 0 fully saturated rings. The van der Waals surface area contributed by atoms with Gasteiger partial charge >= 0.3 is 0 Å². The number of amides is 1. The van der Waals surface area contributed by atoms with Crippen LogP contribution < -0.4 is 5.43 Å². The maximum atomic E-state index is 12.2. The number of carbonyl (C=O) groups is 1. The highest BCUT2D eigenvalue weighted by Gasteiger charge is 2.18. The number of benzene rings is 1. The lowest BCUT2D eigenvalue weighted by atomic mass is 10.1. The molecule has 0 saturated carbocycles. The number of fused-ring (bicyclic) bond motifs is 1. The summed E-state index contributed by atoms with van der Waals surface area (Å²) in [7, 11) is 0. The molecule has 1 aromatic carbocycles. The fourth-order valence-corrected chi connectivity index (χ4v) is 3.56. The van der Waals surface area contributed by atoms with E-state index in [1.54, 1.807) is 46.6 Å². The van der Waals surface area contributed by atoms with Crippen LogP contribution in [0.5, 0.6) is 0 Å². The predicted octanol–water partition coefficient (Wildman–Crippen LogP) is 3.74. The van der Waals surface area contributed by atoms with Crippen LogP contribution in [0.2, 0.25) is 0 Å². The first-order valence-electron chi connectivity index (χ1n) is 8.82. The quantitative estimate of drug-likeness (QED) is 0.416. The molecule has 7 nitrogen and oxygen atoms in total. The van der Waals surface area contributed by atoms with Crippen molar-refractivity contribution in [3.8, 4) is 11.3 Å². The highest BCUT2D eigenvalue weighted by atomic mass is 32.1. The minimum Gasteiger partial charge on any atom is -0.267 e. The van der Waals surface area contributed by atoms with E-state index in [0.29, 0.717) is 11.5 Å². The standard InChI is InChI=1S/C20H18N6OS/c1-13(2)19-25-26-16(12-22-24-18(27)15-8-10-21-11-9-15)17(23-20(26)28-19)14-6-4-3-5-7-14/h3-13H,1-2H3,(H,24,27)/b22-12-. The summed E-state index contributed by atoms with van der Waals surface area (Å²) >= 11 is 1.56. The van der Waals surface area contributed by atoms with E-state index < -0.39 is 0 Å². The Bertz CT molecular complexity index is 1130. The van der Waals surface area contributed by atoms with Gasteiger partial charge in [-0.25, -0.2) is 14.9 Å². The monoisotopic (exact) mass is 390 g/mol. The van der Waals surface area contributed by atoms with Crippen molar-refractivity contribution in [3.05, 3.63) is 71.1 Å². The van der Waals surface area contributed by atoms with Gasteiger partial charge in [-0.05, 0) is 12.1 Å². The van der Waals surface area contributed by atoms with E-state index in [-0.39, 0.29) is 5.91 Å². The van der Waals surface area contributed by atoms with Crippen LogP contribution in [0, 0.1) is 0 Å². The number of nitrogens with zero attached hydrogens (tertiary/aromatic N) is 5. The van der Waals surface area contributed by atoms with Crippen LogP contribution >= 0.6 is 11.3 Å². The van der Waals surface area contributed by atoms with E-state index in [9.17, 15) is 4.79 Å². The molecule has 1 amide bonds. The van der Waals surface area contributed by atoms with Crippen LogP contribution in [-0.4, -0.2) is 31.7 Å².